The summed E-state index contributed by atoms with van der Waals surface area (Å²) >= 11 is 0. The minimum absolute atomic E-state index is 0.0266. The fourth-order valence-electron chi connectivity index (χ4n) is 5.57. The van der Waals surface area contributed by atoms with Crippen LogP contribution >= 0.6 is 0 Å². The first-order valence-corrected chi connectivity index (χ1v) is 15.0. The van der Waals surface area contributed by atoms with Crippen LogP contribution in [0.2, 0.25) is 0 Å². The molecule has 0 aromatic carbocycles. The molecule has 2 rings (SSSR count). The molecule has 19 heteroatoms. The zero-order valence-corrected chi connectivity index (χ0v) is 28.0. The van der Waals surface area contributed by atoms with E-state index in [4.69, 9.17) is 23.7 Å². The Morgan fingerprint density at radius 1 is 0.918 bits per heavy atom. The van der Waals surface area contributed by atoms with Crippen LogP contribution in [0, 0.1) is 5.41 Å². The maximum atomic E-state index is 13.7. The van der Waals surface area contributed by atoms with Crippen LogP contribution in [-0.4, -0.2) is 99.6 Å². The third-order valence-corrected chi connectivity index (χ3v) is 8.96. The molecule has 7 atom stereocenters. The van der Waals surface area contributed by atoms with Crippen LogP contribution in [0.5, 0.6) is 0 Å². The topological polar surface area (TPSA) is 138 Å². The molecule has 0 spiro atoms. The lowest BCUT2D eigenvalue weighted by molar-refractivity contribution is -0.400. The molecule has 0 radical (unpaired) electrons. The van der Waals surface area contributed by atoms with Gasteiger partial charge in [0.2, 0.25) is 0 Å². The van der Waals surface area contributed by atoms with Crippen molar-refractivity contribution in [1.29, 1.82) is 0 Å². The van der Waals surface area contributed by atoms with Crippen molar-refractivity contribution >= 4 is 17.9 Å². The third-order valence-electron chi connectivity index (χ3n) is 8.96. The summed E-state index contributed by atoms with van der Waals surface area (Å²) < 4.78 is 149. The average Bonchev–Trinajstić information content (AvgIpc) is 3.17. The number of alkyl halides is 9. The maximum absolute atomic E-state index is 13.7. The predicted octanol–water partition coefficient (Wildman–Crippen LogP) is 5.41. The highest BCUT2D eigenvalue weighted by Crippen LogP contribution is 2.50. The number of rotatable bonds is 13. The van der Waals surface area contributed by atoms with Gasteiger partial charge in [-0.05, 0) is 68.2 Å². The Bertz CT molecular complexity index is 1260. The van der Waals surface area contributed by atoms with Crippen molar-refractivity contribution < 1.29 is 87.8 Å². The molecule has 1 saturated heterocycles. The van der Waals surface area contributed by atoms with Crippen LogP contribution in [0.15, 0.2) is 12.2 Å². The summed E-state index contributed by atoms with van der Waals surface area (Å²) in [6, 6.07) is 0. The summed E-state index contributed by atoms with van der Waals surface area (Å²) in [5.74, 6) is -3.31. The largest absolute Gasteiger partial charge is 0.458 e. The van der Waals surface area contributed by atoms with Gasteiger partial charge in [-0.2, -0.15) is 39.5 Å². The van der Waals surface area contributed by atoms with Gasteiger partial charge in [0.1, 0.15) is 30.0 Å². The molecule has 284 valence electrons. The summed E-state index contributed by atoms with van der Waals surface area (Å²) in [5, 5.41) is 20.0. The second-order valence-corrected chi connectivity index (χ2v) is 13.9. The fraction of sp³-hybridized carbons (Fsp3) is 0.833. The van der Waals surface area contributed by atoms with Crippen LogP contribution < -0.4 is 0 Å². The van der Waals surface area contributed by atoms with Crippen LogP contribution in [-0.2, 0) is 38.1 Å². The molecule has 10 nitrogen and oxygen atoms in total. The number of ether oxygens (including phenoxy) is 5. The van der Waals surface area contributed by atoms with Crippen molar-refractivity contribution in [3.05, 3.63) is 12.2 Å². The summed E-state index contributed by atoms with van der Waals surface area (Å²) in [7, 11) is 0. The van der Waals surface area contributed by atoms with E-state index in [0.717, 1.165) is 34.6 Å². The van der Waals surface area contributed by atoms with Gasteiger partial charge < -0.3 is 33.9 Å². The van der Waals surface area contributed by atoms with E-state index in [1.165, 1.54) is 6.92 Å². The molecule has 1 aliphatic heterocycles. The van der Waals surface area contributed by atoms with E-state index in [9.17, 15) is 64.1 Å². The van der Waals surface area contributed by atoms with E-state index >= 15 is 0 Å². The van der Waals surface area contributed by atoms with E-state index < -0.39 is 108 Å². The second-order valence-electron chi connectivity index (χ2n) is 13.9. The lowest BCUT2D eigenvalue weighted by Gasteiger charge is -2.45. The average molecular weight is 733 g/mol. The Balaban J connectivity index is 2.51. The molecule has 2 N–H and O–H groups in total. The number of halogens is 9. The van der Waals surface area contributed by atoms with E-state index in [2.05, 4.69) is 6.58 Å². The lowest BCUT2D eigenvalue weighted by atomic mass is 9.74. The number of aliphatic hydroxyl groups is 2. The van der Waals surface area contributed by atoms with E-state index in [1.807, 2.05) is 0 Å². The molecule has 1 saturated carbocycles. The minimum atomic E-state index is -6.32. The molecular formula is C30H41F9O10. The van der Waals surface area contributed by atoms with Gasteiger partial charge in [-0.3, -0.25) is 9.59 Å². The molecule has 1 heterocycles. The lowest BCUT2D eigenvalue weighted by Crippen LogP contribution is -2.66. The van der Waals surface area contributed by atoms with Crippen molar-refractivity contribution in [2.45, 2.75) is 153 Å². The zero-order valence-electron chi connectivity index (χ0n) is 28.0. The first-order valence-electron chi connectivity index (χ1n) is 15.0. The van der Waals surface area contributed by atoms with Gasteiger partial charge >= 0.3 is 36.4 Å². The Morgan fingerprint density at radius 3 is 1.88 bits per heavy atom. The Kier molecular flexibility index (Phi) is 11.7. The highest BCUT2D eigenvalue weighted by Gasteiger charge is 2.74. The number of esters is 3. The third kappa shape index (κ3) is 8.47. The van der Waals surface area contributed by atoms with Gasteiger partial charge in [-0.1, -0.05) is 6.58 Å². The maximum Gasteiger partial charge on any atom is 0.428 e. The molecule has 0 aromatic heterocycles. The van der Waals surface area contributed by atoms with E-state index in [1.54, 1.807) is 0 Å². The number of carbonyl (C=O) groups is 3. The number of hydrogen-bond donors (Lipinski definition) is 2. The van der Waals surface area contributed by atoms with Gasteiger partial charge in [0, 0.05) is 18.4 Å². The smallest absolute Gasteiger partial charge is 0.428 e. The molecule has 49 heavy (non-hydrogen) atoms. The summed E-state index contributed by atoms with van der Waals surface area (Å²) in [6.07, 6.45) is -28.8. The summed E-state index contributed by atoms with van der Waals surface area (Å²) in [4.78, 5) is 38.8. The van der Waals surface area contributed by atoms with Crippen molar-refractivity contribution in [3.8, 4) is 0 Å². The monoisotopic (exact) mass is 732 g/mol. The summed E-state index contributed by atoms with van der Waals surface area (Å²) in [5.41, 5.74) is -15.2. The second kappa shape index (κ2) is 13.5. The van der Waals surface area contributed by atoms with Gasteiger partial charge in [0.05, 0.1) is 11.7 Å². The van der Waals surface area contributed by atoms with E-state index in [0.29, 0.717) is 6.92 Å². The molecule has 0 aromatic rings. The summed E-state index contributed by atoms with van der Waals surface area (Å²) in [6.45, 7) is 10.4. The highest BCUT2D eigenvalue weighted by molar-refractivity contribution is 6.02. The molecule has 2 fully saturated rings. The van der Waals surface area contributed by atoms with Crippen molar-refractivity contribution in [1.82, 2.24) is 0 Å². The number of carbonyl (C=O) groups excluding carboxylic acids is 3. The minimum Gasteiger partial charge on any atom is -0.458 e. The molecule has 7 unspecified atom stereocenters. The van der Waals surface area contributed by atoms with Crippen LogP contribution in [0.4, 0.5) is 39.5 Å². The van der Waals surface area contributed by atoms with Crippen molar-refractivity contribution in [2.24, 2.45) is 5.41 Å². The Morgan fingerprint density at radius 2 is 1.43 bits per heavy atom. The van der Waals surface area contributed by atoms with Crippen LogP contribution in [0.1, 0.15) is 81.1 Å². The molecule has 1 aliphatic carbocycles. The first kappa shape index (κ1) is 42.5. The first-order chi connectivity index (χ1) is 21.7. The fourth-order valence-corrected chi connectivity index (χ4v) is 5.57. The SMILES string of the molecule is C=C(C)C(=O)OC1CCC2(C(=O)OC(CC(C)(C)OC(C)C(C)(O)C(F)(F)F)C(C)(C)OC(C)C(O)(C(F)(F)F)C(F)(F)F)CC1OC2=O. The Hall–Kier alpha value is -2.64. The molecule has 2 bridgehead atoms. The van der Waals surface area contributed by atoms with E-state index in [-0.39, 0.29) is 25.3 Å². The van der Waals surface area contributed by atoms with Crippen LogP contribution in [0.25, 0.3) is 0 Å². The normalized spacial score (nSPS) is 25.5. The van der Waals surface area contributed by atoms with Gasteiger partial charge in [0.15, 0.2) is 11.0 Å². The highest BCUT2D eigenvalue weighted by atomic mass is 19.4. The van der Waals surface area contributed by atoms with Crippen molar-refractivity contribution in [3.63, 3.8) is 0 Å². The van der Waals surface area contributed by atoms with Gasteiger partial charge in [0.25, 0.3) is 5.60 Å². The molecule has 0 amide bonds. The predicted molar refractivity (Wildman–Crippen MR) is 148 cm³/mol. The molecule has 2 aliphatic rings. The zero-order chi connectivity index (χ0) is 38.6. The van der Waals surface area contributed by atoms with Crippen molar-refractivity contribution in [2.75, 3.05) is 0 Å². The number of hydrogen-bond acceptors (Lipinski definition) is 10. The van der Waals surface area contributed by atoms with Gasteiger partial charge in [-0.15, -0.1) is 0 Å². The Labute approximate surface area is 276 Å². The standard InChI is InChI=1S/C30H41F9O10/c1-14(2)20(40)45-17-10-11-26(12-18(17)46-21(26)41)22(42)47-19(13-23(5,6)48-15(3)25(9,43)28(31,32)33)24(7,8)49-16(4)27(44,29(34,35)36)30(37,38)39/h15-19,43-44H,1,10-13H2,2-9H3. The molecular weight excluding hydrogens is 691 g/mol. The van der Waals surface area contributed by atoms with Crippen LogP contribution in [0.3, 0.4) is 0 Å². The quantitative estimate of drug-likeness (QED) is 0.0832. The number of fused-ring (bicyclic) bond motifs is 2. The van der Waals surface area contributed by atoms with Gasteiger partial charge in [-0.25, -0.2) is 4.79 Å².